The van der Waals surface area contributed by atoms with Crippen LogP contribution in [0.2, 0.25) is 5.02 Å². The van der Waals surface area contributed by atoms with E-state index in [2.05, 4.69) is 15.4 Å². The van der Waals surface area contributed by atoms with E-state index in [-0.39, 0.29) is 11.5 Å². The van der Waals surface area contributed by atoms with Crippen LogP contribution in [0.5, 0.6) is 0 Å². The average Bonchev–Trinajstić information content (AvgIpc) is 3.05. The maximum absolute atomic E-state index is 13.0. The molecule has 0 aliphatic carbocycles. The van der Waals surface area contributed by atoms with Crippen LogP contribution in [0, 0.1) is 0 Å². The minimum Gasteiger partial charge on any atom is -0.319 e. The summed E-state index contributed by atoms with van der Waals surface area (Å²) in [6.45, 7) is 0. The van der Waals surface area contributed by atoms with Crippen LogP contribution in [0.1, 0.15) is 16.2 Å². The van der Waals surface area contributed by atoms with E-state index in [1.165, 1.54) is 23.1 Å². The first kappa shape index (κ1) is 17.0. The van der Waals surface area contributed by atoms with Gasteiger partial charge in [-0.25, -0.2) is 9.67 Å². The molecule has 25 heavy (non-hydrogen) atoms. The summed E-state index contributed by atoms with van der Waals surface area (Å²) < 4.78 is 40.2. The van der Waals surface area contributed by atoms with Gasteiger partial charge in [0.15, 0.2) is 0 Å². The standard InChI is InChI=1S/C16H10ClF3N4O/c17-10-5-7-11(8-6-10)24-9-21-14(23-24)15(25)22-13-4-2-1-3-12(13)16(18,19)20/h1-9H,(H,22,25). The van der Waals surface area contributed by atoms with Crippen LogP contribution in [0.4, 0.5) is 18.9 Å². The van der Waals surface area contributed by atoms with Gasteiger partial charge in [-0.15, -0.1) is 5.10 Å². The van der Waals surface area contributed by atoms with Crippen LogP contribution in [0.3, 0.4) is 0 Å². The van der Waals surface area contributed by atoms with Gasteiger partial charge in [-0.05, 0) is 36.4 Å². The predicted molar refractivity (Wildman–Crippen MR) is 85.8 cm³/mol. The number of amides is 1. The van der Waals surface area contributed by atoms with Crippen molar-refractivity contribution in [1.82, 2.24) is 14.8 Å². The number of halogens is 4. The van der Waals surface area contributed by atoms with Gasteiger partial charge in [0.05, 0.1) is 16.9 Å². The number of carbonyl (C=O) groups excluding carboxylic acids is 1. The molecule has 0 aliphatic rings. The number of carbonyl (C=O) groups is 1. The second-order valence-electron chi connectivity index (χ2n) is 4.99. The Morgan fingerprint density at radius 3 is 2.44 bits per heavy atom. The number of alkyl halides is 3. The summed E-state index contributed by atoms with van der Waals surface area (Å²) in [6.07, 6.45) is -3.30. The zero-order chi connectivity index (χ0) is 18.0. The monoisotopic (exact) mass is 366 g/mol. The van der Waals surface area contributed by atoms with E-state index in [0.29, 0.717) is 10.7 Å². The fraction of sp³-hybridized carbons (Fsp3) is 0.0625. The Labute approximate surface area is 145 Å². The number of rotatable bonds is 3. The maximum Gasteiger partial charge on any atom is 0.418 e. The molecule has 1 heterocycles. The van der Waals surface area contributed by atoms with Crippen molar-refractivity contribution in [2.45, 2.75) is 6.18 Å². The van der Waals surface area contributed by atoms with E-state index in [0.717, 1.165) is 12.1 Å². The van der Waals surface area contributed by atoms with Crippen molar-refractivity contribution < 1.29 is 18.0 Å². The molecule has 3 aromatic rings. The van der Waals surface area contributed by atoms with Crippen molar-refractivity contribution >= 4 is 23.2 Å². The molecule has 1 aromatic heterocycles. The summed E-state index contributed by atoms with van der Waals surface area (Å²) in [5.41, 5.74) is -0.699. The van der Waals surface area contributed by atoms with Crippen molar-refractivity contribution in [3.63, 3.8) is 0 Å². The number of aromatic nitrogens is 3. The lowest BCUT2D eigenvalue weighted by Crippen LogP contribution is -2.18. The van der Waals surface area contributed by atoms with E-state index in [1.54, 1.807) is 24.3 Å². The maximum atomic E-state index is 13.0. The van der Waals surface area contributed by atoms with E-state index in [9.17, 15) is 18.0 Å². The predicted octanol–water partition coefficient (Wildman–Crippen LogP) is 4.19. The van der Waals surface area contributed by atoms with Gasteiger partial charge < -0.3 is 5.32 Å². The molecule has 0 aliphatic heterocycles. The first-order chi connectivity index (χ1) is 11.8. The lowest BCUT2D eigenvalue weighted by atomic mass is 10.1. The second-order valence-corrected chi connectivity index (χ2v) is 5.42. The average molecular weight is 367 g/mol. The molecule has 5 nitrogen and oxygen atoms in total. The molecule has 0 bridgehead atoms. The number of para-hydroxylation sites is 1. The van der Waals surface area contributed by atoms with Crippen molar-refractivity contribution in [3.05, 3.63) is 71.3 Å². The molecular formula is C16H10ClF3N4O. The minimum atomic E-state index is -4.58. The molecule has 0 radical (unpaired) electrons. The highest BCUT2D eigenvalue weighted by Crippen LogP contribution is 2.34. The quantitative estimate of drug-likeness (QED) is 0.756. The molecule has 0 fully saturated rings. The van der Waals surface area contributed by atoms with Crippen LogP contribution in [0.15, 0.2) is 54.9 Å². The molecule has 0 spiro atoms. The van der Waals surface area contributed by atoms with Crippen LogP contribution >= 0.6 is 11.6 Å². The first-order valence-corrected chi connectivity index (χ1v) is 7.37. The number of nitrogens with one attached hydrogen (secondary N) is 1. The Bertz CT molecular complexity index is 906. The third kappa shape index (κ3) is 3.80. The first-order valence-electron chi connectivity index (χ1n) is 7.00. The van der Waals surface area contributed by atoms with Crippen molar-refractivity contribution in [3.8, 4) is 5.69 Å². The largest absolute Gasteiger partial charge is 0.418 e. The zero-order valence-corrected chi connectivity index (χ0v) is 13.2. The SMILES string of the molecule is O=C(Nc1ccccc1C(F)(F)F)c1ncn(-c2ccc(Cl)cc2)n1. The molecule has 128 valence electrons. The number of hydrogen-bond donors (Lipinski definition) is 1. The summed E-state index contributed by atoms with van der Waals surface area (Å²) >= 11 is 5.80. The van der Waals surface area contributed by atoms with Gasteiger partial charge in [-0.2, -0.15) is 13.2 Å². The van der Waals surface area contributed by atoms with E-state index in [1.807, 2.05) is 0 Å². The highest BCUT2D eigenvalue weighted by atomic mass is 35.5. The van der Waals surface area contributed by atoms with Gasteiger partial charge in [0.1, 0.15) is 6.33 Å². The molecule has 9 heteroatoms. The number of nitrogens with zero attached hydrogens (tertiary/aromatic N) is 3. The Kier molecular flexibility index (Phi) is 4.45. The third-order valence-electron chi connectivity index (χ3n) is 3.27. The van der Waals surface area contributed by atoms with Gasteiger partial charge in [-0.3, -0.25) is 4.79 Å². The highest BCUT2D eigenvalue weighted by molar-refractivity contribution is 6.30. The third-order valence-corrected chi connectivity index (χ3v) is 3.52. The van der Waals surface area contributed by atoms with Crippen molar-refractivity contribution in [2.75, 3.05) is 5.32 Å². The number of benzene rings is 2. The number of hydrogen-bond acceptors (Lipinski definition) is 3. The normalized spacial score (nSPS) is 11.4. The molecular weight excluding hydrogens is 357 g/mol. The smallest absolute Gasteiger partial charge is 0.319 e. The molecule has 3 rings (SSSR count). The molecule has 1 N–H and O–H groups in total. The lowest BCUT2D eigenvalue weighted by molar-refractivity contribution is -0.136. The van der Waals surface area contributed by atoms with Gasteiger partial charge in [0.25, 0.3) is 5.91 Å². The molecule has 2 aromatic carbocycles. The van der Waals surface area contributed by atoms with Crippen LogP contribution < -0.4 is 5.32 Å². The van der Waals surface area contributed by atoms with Gasteiger partial charge in [-0.1, -0.05) is 23.7 Å². The van der Waals surface area contributed by atoms with Crippen molar-refractivity contribution in [2.24, 2.45) is 0 Å². The Morgan fingerprint density at radius 1 is 1.08 bits per heavy atom. The second kappa shape index (κ2) is 6.56. The van der Waals surface area contributed by atoms with Crippen LogP contribution in [0.25, 0.3) is 5.69 Å². The van der Waals surface area contributed by atoms with Gasteiger partial charge in [0, 0.05) is 5.02 Å². The molecule has 0 saturated heterocycles. The topological polar surface area (TPSA) is 59.8 Å². The van der Waals surface area contributed by atoms with Gasteiger partial charge >= 0.3 is 6.18 Å². The summed E-state index contributed by atoms with van der Waals surface area (Å²) in [4.78, 5) is 16.0. The zero-order valence-electron chi connectivity index (χ0n) is 12.5. The lowest BCUT2D eigenvalue weighted by Gasteiger charge is -2.12. The molecule has 0 atom stereocenters. The van der Waals surface area contributed by atoms with Crippen molar-refractivity contribution in [1.29, 1.82) is 0 Å². The molecule has 1 amide bonds. The Hall–Kier alpha value is -2.87. The van der Waals surface area contributed by atoms with Crippen LogP contribution in [-0.4, -0.2) is 20.7 Å². The van der Waals surface area contributed by atoms with Crippen LogP contribution in [-0.2, 0) is 6.18 Å². The van der Waals surface area contributed by atoms with E-state index >= 15 is 0 Å². The summed E-state index contributed by atoms with van der Waals surface area (Å²) in [5.74, 6) is -1.10. The highest BCUT2D eigenvalue weighted by Gasteiger charge is 2.33. The summed E-state index contributed by atoms with van der Waals surface area (Å²) in [7, 11) is 0. The molecule has 0 saturated carbocycles. The summed E-state index contributed by atoms with van der Waals surface area (Å²) in [5, 5.41) is 6.69. The van der Waals surface area contributed by atoms with E-state index < -0.39 is 17.6 Å². The minimum absolute atomic E-state index is 0.257. The van der Waals surface area contributed by atoms with E-state index in [4.69, 9.17) is 11.6 Å². The molecule has 0 unspecified atom stereocenters. The fourth-order valence-electron chi connectivity index (χ4n) is 2.10. The van der Waals surface area contributed by atoms with Gasteiger partial charge in [0.2, 0.25) is 5.82 Å². The summed E-state index contributed by atoms with van der Waals surface area (Å²) in [6, 6.07) is 11.3. The Morgan fingerprint density at radius 2 is 1.76 bits per heavy atom. The Balaban J connectivity index is 1.83. The fourth-order valence-corrected chi connectivity index (χ4v) is 2.23. The number of anilines is 1.